The molecule has 148 valence electrons. The normalized spacial score (nSPS) is 44.2. The third kappa shape index (κ3) is 1.47. The van der Waals surface area contributed by atoms with Crippen LogP contribution in [0.2, 0.25) is 0 Å². The summed E-state index contributed by atoms with van der Waals surface area (Å²) in [6, 6.07) is 7.96. The number of methoxy groups -OCH3 is 1. The fourth-order valence-corrected chi connectivity index (χ4v) is 7.38. The maximum absolute atomic E-state index is 13.5. The van der Waals surface area contributed by atoms with Crippen molar-refractivity contribution in [3.05, 3.63) is 41.5 Å². The first-order chi connectivity index (χ1) is 13.5. The zero-order chi connectivity index (χ0) is 19.9. The number of allylic oxidation sites excluding steroid dienone is 1. The molecule has 0 amide bonds. The van der Waals surface area contributed by atoms with Crippen LogP contribution in [0.25, 0.3) is 0 Å². The predicted molar refractivity (Wildman–Crippen MR) is 104 cm³/mol. The van der Waals surface area contributed by atoms with Gasteiger partial charge in [-0.1, -0.05) is 29.8 Å². The number of para-hydroxylation sites is 1. The van der Waals surface area contributed by atoms with Gasteiger partial charge in [-0.25, -0.2) is 0 Å². The largest absolute Gasteiger partial charge is 0.468 e. The highest BCUT2D eigenvalue weighted by molar-refractivity contribution is 5.99. The number of aliphatic hydroxyl groups excluding tert-OH is 1. The Kier molecular flexibility index (Phi) is 3.48. The maximum atomic E-state index is 13.5. The van der Waals surface area contributed by atoms with E-state index in [0.29, 0.717) is 25.9 Å². The molecule has 4 bridgehead atoms. The molecule has 6 heteroatoms. The number of rotatable bonds is 2. The second-order valence-electron chi connectivity index (χ2n) is 8.53. The van der Waals surface area contributed by atoms with Crippen LogP contribution in [0.15, 0.2) is 35.9 Å². The molecule has 1 N–H and O–H groups in total. The van der Waals surface area contributed by atoms with Crippen molar-refractivity contribution in [1.29, 1.82) is 0 Å². The highest BCUT2D eigenvalue weighted by atomic mass is 16.5. The molecule has 1 spiro atoms. The van der Waals surface area contributed by atoms with Gasteiger partial charge in [0.05, 0.1) is 18.6 Å². The minimum atomic E-state index is -1.37. The summed E-state index contributed by atoms with van der Waals surface area (Å²) in [7, 11) is 3.34. The molecule has 1 aliphatic carbocycles. The molecule has 3 saturated heterocycles. The van der Waals surface area contributed by atoms with E-state index in [1.54, 1.807) is 0 Å². The number of fused-ring (bicyclic) bond motifs is 3. The van der Waals surface area contributed by atoms with Gasteiger partial charge in [-0.15, -0.1) is 0 Å². The lowest BCUT2D eigenvalue weighted by Crippen LogP contribution is -2.76. The molecule has 0 aromatic heterocycles. The molecule has 1 saturated carbocycles. The number of likely N-dealkylation sites (N-methyl/N-ethyl adjacent to an activating group) is 1. The Morgan fingerprint density at radius 2 is 2.11 bits per heavy atom. The first kappa shape index (κ1) is 17.9. The topological polar surface area (TPSA) is 70.1 Å². The number of hydrogen-bond donors (Lipinski definition) is 1. The van der Waals surface area contributed by atoms with E-state index in [-0.39, 0.29) is 5.92 Å². The number of carbonyl (C=O) groups excluding carboxylic acids is 2. The lowest BCUT2D eigenvalue weighted by molar-refractivity contribution is -0.179. The van der Waals surface area contributed by atoms with Gasteiger partial charge in [0.2, 0.25) is 0 Å². The Morgan fingerprint density at radius 3 is 2.79 bits per heavy atom. The summed E-state index contributed by atoms with van der Waals surface area (Å²) in [6.07, 6.45) is 3.17. The SMILES string of the molecule is C/C=C1/CN2CC[C@@]34c5ccccc5N(C)C23[C@H](O)C[C@@H]1[C@@]4(C=O)C(=O)OC. The van der Waals surface area contributed by atoms with E-state index in [0.717, 1.165) is 23.1 Å². The number of ether oxygens (including phenoxy) is 1. The summed E-state index contributed by atoms with van der Waals surface area (Å²) >= 11 is 0. The van der Waals surface area contributed by atoms with Crippen molar-refractivity contribution >= 4 is 17.9 Å². The van der Waals surface area contributed by atoms with Gasteiger partial charge in [0.1, 0.15) is 17.4 Å². The van der Waals surface area contributed by atoms with E-state index in [4.69, 9.17) is 4.74 Å². The third-order valence-corrected chi connectivity index (χ3v) is 8.18. The molecule has 6 nitrogen and oxygen atoms in total. The van der Waals surface area contributed by atoms with Crippen LogP contribution in [0.3, 0.4) is 0 Å². The second kappa shape index (κ2) is 5.45. The number of nitrogens with zero attached hydrogens (tertiary/aromatic N) is 2. The van der Waals surface area contributed by atoms with Crippen LogP contribution in [-0.2, 0) is 19.7 Å². The first-order valence-corrected chi connectivity index (χ1v) is 9.93. The average Bonchev–Trinajstić information content (AvgIpc) is 3.10. The number of aldehydes is 1. The molecule has 1 aromatic carbocycles. The monoisotopic (exact) mass is 382 g/mol. The molecule has 6 rings (SSSR count). The summed E-state index contributed by atoms with van der Waals surface area (Å²) in [4.78, 5) is 30.9. The molecule has 4 heterocycles. The van der Waals surface area contributed by atoms with Crippen LogP contribution in [0, 0.1) is 11.3 Å². The smallest absolute Gasteiger partial charge is 0.320 e. The van der Waals surface area contributed by atoms with E-state index >= 15 is 0 Å². The molecule has 4 aliphatic heterocycles. The van der Waals surface area contributed by atoms with Crippen LogP contribution < -0.4 is 4.90 Å². The Morgan fingerprint density at radius 1 is 1.36 bits per heavy atom. The zero-order valence-electron chi connectivity index (χ0n) is 16.5. The number of carbonyl (C=O) groups is 2. The number of hydrogen-bond acceptors (Lipinski definition) is 6. The van der Waals surface area contributed by atoms with Crippen LogP contribution in [0.4, 0.5) is 5.69 Å². The highest BCUT2D eigenvalue weighted by Crippen LogP contribution is 2.73. The van der Waals surface area contributed by atoms with Crippen molar-refractivity contribution in [1.82, 2.24) is 4.90 Å². The van der Waals surface area contributed by atoms with Gasteiger partial charge < -0.3 is 19.5 Å². The minimum absolute atomic E-state index is 0.365. The third-order valence-electron chi connectivity index (χ3n) is 8.18. The number of aliphatic hydroxyl groups is 1. The Balaban J connectivity index is 1.97. The summed E-state index contributed by atoms with van der Waals surface area (Å²) in [5.74, 6) is -0.868. The Labute approximate surface area is 164 Å². The molecule has 28 heavy (non-hydrogen) atoms. The van der Waals surface area contributed by atoms with Gasteiger partial charge in [-0.05, 0) is 31.4 Å². The first-order valence-electron chi connectivity index (χ1n) is 9.93. The Bertz CT molecular complexity index is 914. The maximum Gasteiger partial charge on any atom is 0.320 e. The fraction of sp³-hybridized carbons (Fsp3) is 0.545. The number of esters is 1. The Hall–Kier alpha value is -2.18. The predicted octanol–water partition coefficient (Wildman–Crippen LogP) is 1.48. The average molecular weight is 382 g/mol. The van der Waals surface area contributed by atoms with Crippen molar-refractivity contribution in [2.45, 2.75) is 36.9 Å². The summed E-state index contributed by atoms with van der Waals surface area (Å²) in [6.45, 7) is 3.31. The molecule has 4 fully saturated rings. The summed E-state index contributed by atoms with van der Waals surface area (Å²) < 4.78 is 5.30. The van der Waals surface area contributed by atoms with Gasteiger partial charge in [0.15, 0.2) is 0 Å². The molecule has 5 aliphatic rings. The molecule has 6 atom stereocenters. The number of anilines is 1. The fourth-order valence-electron chi connectivity index (χ4n) is 7.38. The van der Waals surface area contributed by atoms with E-state index in [1.807, 2.05) is 44.3 Å². The van der Waals surface area contributed by atoms with Crippen LogP contribution >= 0.6 is 0 Å². The molecule has 2 unspecified atom stereocenters. The zero-order valence-corrected chi connectivity index (χ0v) is 16.5. The second-order valence-corrected chi connectivity index (χ2v) is 8.53. The highest BCUT2D eigenvalue weighted by Gasteiger charge is 2.84. The molecule has 1 aromatic rings. The summed E-state index contributed by atoms with van der Waals surface area (Å²) in [5.41, 5.74) is -0.0766. The lowest BCUT2D eigenvalue weighted by atomic mass is 9.45. The van der Waals surface area contributed by atoms with Gasteiger partial charge in [0.25, 0.3) is 0 Å². The quantitative estimate of drug-likeness (QED) is 0.362. The van der Waals surface area contributed by atoms with E-state index < -0.39 is 28.6 Å². The van der Waals surface area contributed by atoms with Gasteiger partial charge in [-0.3, -0.25) is 9.69 Å². The van der Waals surface area contributed by atoms with Crippen molar-refractivity contribution < 1.29 is 19.4 Å². The van der Waals surface area contributed by atoms with Gasteiger partial charge in [0, 0.05) is 31.7 Å². The van der Waals surface area contributed by atoms with Gasteiger partial charge >= 0.3 is 5.97 Å². The van der Waals surface area contributed by atoms with Crippen LogP contribution in [0.5, 0.6) is 0 Å². The van der Waals surface area contributed by atoms with E-state index in [9.17, 15) is 14.7 Å². The summed E-state index contributed by atoms with van der Waals surface area (Å²) in [5, 5.41) is 11.6. The molecular formula is C22H26N2O4. The van der Waals surface area contributed by atoms with E-state index in [1.165, 1.54) is 7.11 Å². The van der Waals surface area contributed by atoms with Crippen molar-refractivity contribution in [3.63, 3.8) is 0 Å². The minimum Gasteiger partial charge on any atom is -0.468 e. The van der Waals surface area contributed by atoms with Crippen molar-refractivity contribution in [2.24, 2.45) is 11.3 Å². The van der Waals surface area contributed by atoms with Crippen LogP contribution in [-0.4, -0.2) is 61.3 Å². The van der Waals surface area contributed by atoms with E-state index in [2.05, 4.69) is 9.80 Å². The standard InChI is InChI=1S/C22H26N2O4/c1-4-14-12-24-10-9-21-15-7-5-6-8-17(15)23(2)22(21,24)18(26)11-16(14)20(21,13-25)19(27)28-3/h4-8,13,16,18,26H,9-12H2,1-3H3/b14-4-/t16-,18+,20-,21-,22?/m0/s1. The lowest BCUT2D eigenvalue weighted by Gasteiger charge is -2.59. The van der Waals surface area contributed by atoms with Gasteiger partial charge in [-0.2, -0.15) is 0 Å². The molecule has 0 radical (unpaired) electrons. The van der Waals surface area contributed by atoms with Crippen molar-refractivity contribution in [2.75, 3.05) is 32.1 Å². The van der Waals surface area contributed by atoms with Crippen LogP contribution in [0.1, 0.15) is 25.3 Å². The van der Waals surface area contributed by atoms with Crippen molar-refractivity contribution in [3.8, 4) is 0 Å². The number of benzene rings is 1. The molecular weight excluding hydrogens is 356 g/mol.